The highest BCUT2D eigenvalue weighted by Crippen LogP contribution is 2.40. The lowest BCUT2D eigenvalue weighted by molar-refractivity contribution is 0.0508. The summed E-state index contributed by atoms with van der Waals surface area (Å²) in [5.41, 5.74) is 1.13. The van der Waals surface area contributed by atoms with Crippen LogP contribution in [-0.2, 0) is 4.74 Å². The number of carbonyl (C=O) groups is 1. The summed E-state index contributed by atoms with van der Waals surface area (Å²) in [6.45, 7) is 9.65. The number of amides is 1. The van der Waals surface area contributed by atoms with Crippen LogP contribution in [0.1, 0.15) is 69.3 Å². The molecule has 0 spiro atoms. The number of rotatable bonds is 5. The lowest BCUT2D eigenvalue weighted by Gasteiger charge is -2.21. The number of nitrogens with one attached hydrogen (secondary N) is 2. The average Bonchev–Trinajstić information content (AvgIpc) is 3.48. The van der Waals surface area contributed by atoms with Gasteiger partial charge >= 0.3 is 6.09 Å². The largest absolute Gasteiger partial charge is 0.444 e. The van der Waals surface area contributed by atoms with E-state index in [1.54, 1.807) is 13.0 Å². The molecular weight excluding hydrogens is 440 g/mol. The Morgan fingerprint density at radius 3 is 2.65 bits per heavy atom. The fraction of sp³-hybridized carbons (Fsp3) is 0.538. The lowest BCUT2D eigenvalue weighted by Crippen LogP contribution is -2.40. The maximum absolute atomic E-state index is 15.0. The molecule has 2 unspecified atom stereocenters. The second-order valence-electron chi connectivity index (χ2n) is 10.4. The smallest absolute Gasteiger partial charge is 0.407 e. The number of fused-ring (bicyclic) bond motifs is 1. The Balaban J connectivity index is 1.55. The third-order valence-corrected chi connectivity index (χ3v) is 6.52. The fourth-order valence-electron chi connectivity index (χ4n) is 4.66. The van der Waals surface area contributed by atoms with Gasteiger partial charge in [-0.15, -0.1) is 0 Å². The van der Waals surface area contributed by atoms with Crippen molar-refractivity contribution in [1.82, 2.24) is 15.2 Å². The number of halogens is 2. The summed E-state index contributed by atoms with van der Waals surface area (Å²) in [6, 6.07) is 1.25. The van der Waals surface area contributed by atoms with Gasteiger partial charge in [-0.25, -0.2) is 13.6 Å². The summed E-state index contributed by atoms with van der Waals surface area (Å²) >= 11 is 0. The molecule has 1 amide bonds. The van der Waals surface area contributed by atoms with Gasteiger partial charge in [-0.3, -0.25) is 4.79 Å². The van der Waals surface area contributed by atoms with E-state index >= 15 is 0 Å². The zero-order chi connectivity index (χ0) is 24.8. The molecule has 2 heterocycles. The highest BCUT2D eigenvalue weighted by atomic mass is 19.2. The minimum atomic E-state index is -1.02. The third kappa shape index (κ3) is 5.02. The Kier molecular flexibility index (Phi) is 6.55. The van der Waals surface area contributed by atoms with Crippen LogP contribution in [0.3, 0.4) is 0 Å². The van der Waals surface area contributed by atoms with Crippen molar-refractivity contribution in [2.75, 3.05) is 6.54 Å². The van der Waals surface area contributed by atoms with E-state index in [-0.39, 0.29) is 34.5 Å². The van der Waals surface area contributed by atoms with Gasteiger partial charge < -0.3 is 19.9 Å². The van der Waals surface area contributed by atoms with Crippen LogP contribution < -0.4 is 16.1 Å². The molecule has 0 radical (unpaired) electrons. The van der Waals surface area contributed by atoms with Crippen molar-refractivity contribution in [3.8, 4) is 0 Å². The lowest BCUT2D eigenvalue weighted by atomic mass is 10.0. The first-order valence-electron chi connectivity index (χ1n) is 11.9. The van der Waals surface area contributed by atoms with Crippen molar-refractivity contribution >= 4 is 23.1 Å². The number of benzene rings is 1. The monoisotopic (exact) mass is 473 g/mol. The molecule has 2 aromatic rings. The first-order valence-corrected chi connectivity index (χ1v) is 11.9. The van der Waals surface area contributed by atoms with Crippen LogP contribution in [0.4, 0.5) is 13.6 Å². The van der Waals surface area contributed by atoms with Gasteiger partial charge in [0.15, 0.2) is 17.1 Å². The predicted octanol–water partition coefficient (Wildman–Crippen LogP) is 4.89. The van der Waals surface area contributed by atoms with Crippen LogP contribution in [0.2, 0.25) is 0 Å². The van der Waals surface area contributed by atoms with E-state index in [4.69, 9.17) is 4.74 Å². The number of pyridine rings is 1. The Morgan fingerprint density at radius 1 is 1.29 bits per heavy atom. The number of nitrogens with zero attached hydrogens (tertiary/aromatic N) is 1. The molecule has 2 aliphatic rings. The van der Waals surface area contributed by atoms with Crippen LogP contribution >= 0.6 is 0 Å². The van der Waals surface area contributed by atoms with E-state index < -0.39 is 23.3 Å². The summed E-state index contributed by atoms with van der Waals surface area (Å²) < 4.78 is 36.8. The normalized spacial score (nSPS) is 20.9. The van der Waals surface area contributed by atoms with Crippen molar-refractivity contribution < 1.29 is 18.3 Å². The topological polar surface area (TPSA) is 72.4 Å². The van der Waals surface area contributed by atoms with Crippen LogP contribution in [0.25, 0.3) is 17.0 Å². The van der Waals surface area contributed by atoms with Gasteiger partial charge in [0.1, 0.15) is 5.60 Å². The molecule has 8 heteroatoms. The number of hydrogen-bond donors (Lipinski definition) is 2. The number of alkyl carbamates (subject to hydrolysis) is 1. The summed E-state index contributed by atoms with van der Waals surface area (Å²) in [6.07, 6.45) is 6.12. The minimum Gasteiger partial charge on any atom is -0.444 e. The molecule has 0 bridgehead atoms. The van der Waals surface area contributed by atoms with Crippen LogP contribution in [0, 0.1) is 25.5 Å². The average molecular weight is 474 g/mol. The minimum absolute atomic E-state index is 0.0642. The van der Waals surface area contributed by atoms with Crippen LogP contribution in [0.15, 0.2) is 16.9 Å². The number of hydrogen-bond acceptors (Lipinski definition) is 4. The number of aromatic nitrogens is 1. The first kappa shape index (κ1) is 24.4. The quantitative estimate of drug-likeness (QED) is 0.649. The standard InChI is InChI=1S/C26H33F2N3O3/c1-14-15(2)31(18-9-10-18)23-19(22(28)21(27)12-20(23)24(14)32)8-6-7-16-11-17(13-29-16)30-25(33)34-26(3,4)5/h6,8,12,16-18,29H,7,9-11,13H2,1-5H3,(H,30,33). The molecule has 1 aliphatic heterocycles. The molecule has 2 N–H and O–H groups in total. The molecule has 1 saturated carbocycles. The van der Waals surface area contributed by atoms with E-state index in [2.05, 4.69) is 10.6 Å². The maximum Gasteiger partial charge on any atom is 0.407 e. The van der Waals surface area contributed by atoms with Gasteiger partial charge in [0, 0.05) is 46.9 Å². The Morgan fingerprint density at radius 2 is 2.00 bits per heavy atom. The second kappa shape index (κ2) is 9.13. The molecule has 2 atom stereocenters. The number of carbonyl (C=O) groups excluding carboxylic acids is 1. The van der Waals surface area contributed by atoms with Crippen LogP contribution in [0.5, 0.6) is 0 Å². The second-order valence-corrected chi connectivity index (χ2v) is 10.4. The molecule has 2 fully saturated rings. The van der Waals surface area contributed by atoms with Gasteiger partial charge in [0.05, 0.1) is 5.52 Å². The summed E-state index contributed by atoms with van der Waals surface area (Å²) in [5.74, 6) is -1.96. The van der Waals surface area contributed by atoms with Gasteiger partial charge in [0.25, 0.3) is 0 Å². The van der Waals surface area contributed by atoms with Gasteiger partial charge in [0.2, 0.25) is 0 Å². The Hall–Kier alpha value is -2.74. The Bertz CT molecular complexity index is 1210. The van der Waals surface area contributed by atoms with E-state index in [1.165, 1.54) is 0 Å². The van der Waals surface area contributed by atoms with E-state index in [9.17, 15) is 18.4 Å². The molecule has 34 heavy (non-hydrogen) atoms. The highest BCUT2D eigenvalue weighted by Gasteiger charge is 2.30. The van der Waals surface area contributed by atoms with E-state index in [0.29, 0.717) is 30.5 Å². The molecular formula is C26H33F2N3O3. The Labute approximate surface area is 198 Å². The molecule has 184 valence electrons. The molecule has 1 aliphatic carbocycles. The van der Waals surface area contributed by atoms with Crippen LogP contribution in [-0.4, -0.2) is 34.9 Å². The van der Waals surface area contributed by atoms with Gasteiger partial charge in [-0.05, 0) is 66.4 Å². The summed E-state index contributed by atoms with van der Waals surface area (Å²) in [4.78, 5) is 24.9. The SMILES string of the molecule is Cc1c(C)n(C2CC2)c2c(C=CCC3CC(NC(=O)OC(C)(C)C)CN3)c(F)c(F)cc2c1=O. The van der Waals surface area contributed by atoms with Crippen molar-refractivity contribution in [3.63, 3.8) is 0 Å². The molecule has 4 rings (SSSR count). The van der Waals surface area contributed by atoms with Gasteiger partial charge in [-0.1, -0.05) is 12.2 Å². The van der Waals surface area contributed by atoms with E-state index in [0.717, 1.165) is 24.6 Å². The van der Waals surface area contributed by atoms with Crippen molar-refractivity contribution in [2.24, 2.45) is 0 Å². The fourth-order valence-corrected chi connectivity index (χ4v) is 4.66. The van der Waals surface area contributed by atoms with Crippen molar-refractivity contribution in [1.29, 1.82) is 0 Å². The van der Waals surface area contributed by atoms with Crippen molar-refractivity contribution in [3.05, 3.63) is 50.8 Å². The summed E-state index contributed by atoms with van der Waals surface area (Å²) in [5, 5.41) is 6.43. The zero-order valence-electron chi connectivity index (χ0n) is 20.4. The molecule has 6 nitrogen and oxygen atoms in total. The van der Waals surface area contributed by atoms with Crippen molar-refractivity contribution in [2.45, 2.75) is 84.0 Å². The number of ether oxygens (including phenoxy) is 1. The predicted molar refractivity (Wildman–Crippen MR) is 129 cm³/mol. The third-order valence-electron chi connectivity index (χ3n) is 6.52. The molecule has 1 saturated heterocycles. The van der Waals surface area contributed by atoms with E-state index in [1.807, 2.05) is 38.3 Å². The highest BCUT2D eigenvalue weighted by molar-refractivity contribution is 5.89. The molecule has 1 aromatic heterocycles. The molecule has 1 aromatic carbocycles. The van der Waals surface area contributed by atoms with Gasteiger partial charge in [-0.2, -0.15) is 0 Å². The zero-order valence-corrected chi connectivity index (χ0v) is 20.4. The summed E-state index contributed by atoms with van der Waals surface area (Å²) in [7, 11) is 0. The first-order chi connectivity index (χ1) is 16.0. The maximum atomic E-state index is 15.0.